The largest absolute Gasteiger partial charge is 0.478 e. The van der Waals surface area contributed by atoms with E-state index >= 15 is 0 Å². The number of carboxylic acid groups (broad SMARTS) is 1. The van der Waals surface area contributed by atoms with Gasteiger partial charge in [0.25, 0.3) is 0 Å². The maximum atomic E-state index is 11.7. The number of hydrogen-bond donors (Lipinski definition) is 3. The molecule has 0 aromatic heterocycles. The van der Waals surface area contributed by atoms with Crippen LogP contribution in [-0.4, -0.2) is 29.4 Å². The predicted octanol–water partition coefficient (Wildman–Crippen LogP) is 2.02. The first-order chi connectivity index (χ1) is 10.0. The minimum atomic E-state index is -1.01. The highest BCUT2D eigenvalue weighted by molar-refractivity contribution is 5.92. The smallest absolute Gasteiger partial charge is 0.335 e. The molecule has 6 nitrogen and oxygen atoms in total. The Balaban J connectivity index is 2.30. The van der Waals surface area contributed by atoms with Crippen molar-refractivity contribution in [2.45, 2.75) is 32.6 Å². The summed E-state index contributed by atoms with van der Waals surface area (Å²) in [6.45, 7) is 2.63. The van der Waals surface area contributed by atoms with Crippen LogP contribution in [0.2, 0.25) is 0 Å². The van der Waals surface area contributed by atoms with Crippen LogP contribution < -0.4 is 10.6 Å². The molecule has 1 aromatic carbocycles. The number of benzene rings is 1. The molecule has 0 fully saturated rings. The number of carboxylic acids is 1. The molecule has 0 aliphatic rings. The van der Waals surface area contributed by atoms with E-state index in [0.717, 1.165) is 6.42 Å². The number of hydrogen-bond acceptors (Lipinski definition) is 3. The van der Waals surface area contributed by atoms with E-state index in [1.165, 1.54) is 24.3 Å². The second kappa shape index (κ2) is 8.73. The predicted molar refractivity (Wildman–Crippen MR) is 79.2 cm³/mol. The lowest BCUT2D eigenvalue weighted by molar-refractivity contribution is -0.121. The van der Waals surface area contributed by atoms with Crippen molar-refractivity contribution in [2.24, 2.45) is 0 Å². The summed E-state index contributed by atoms with van der Waals surface area (Å²) >= 11 is 0. The minimum absolute atomic E-state index is 0.0459. The lowest BCUT2D eigenvalue weighted by atomic mass is 10.2. The van der Waals surface area contributed by atoms with E-state index in [1.54, 1.807) is 0 Å². The molecule has 0 saturated heterocycles. The van der Waals surface area contributed by atoms with Crippen molar-refractivity contribution in [3.63, 3.8) is 0 Å². The Morgan fingerprint density at radius 1 is 1.05 bits per heavy atom. The van der Waals surface area contributed by atoms with Gasteiger partial charge in [-0.05, 0) is 37.1 Å². The van der Waals surface area contributed by atoms with Crippen LogP contribution in [0.5, 0.6) is 0 Å². The number of nitrogens with one attached hydrogen (secondary N) is 2. The Kier molecular flexibility index (Phi) is 6.94. The molecule has 0 aliphatic heterocycles. The Morgan fingerprint density at radius 3 is 2.24 bits per heavy atom. The average Bonchev–Trinajstić information content (AvgIpc) is 2.45. The molecule has 21 heavy (non-hydrogen) atoms. The minimum Gasteiger partial charge on any atom is -0.478 e. The van der Waals surface area contributed by atoms with Crippen molar-refractivity contribution >= 4 is 23.5 Å². The molecular weight excluding hydrogens is 272 g/mol. The van der Waals surface area contributed by atoms with Gasteiger partial charge < -0.3 is 15.7 Å². The van der Waals surface area contributed by atoms with E-state index in [-0.39, 0.29) is 23.8 Å². The topological polar surface area (TPSA) is 95.5 Å². The molecule has 114 valence electrons. The number of anilines is 1. The molecule has 0 aliphatic carbocycles. The van der Waals surface area contributed by atoms with Gasteiger partial charge in [0.2, 0.25) is 11.8 Å². The van der Waals surface area contributed by atoms with Crippen LogP contribution in [0, 0.1) is 0 Å². The quantitative estimate of drug-likeness (QED) is 0.683. The number of carbonyl (C=O) groups excluding carboxylic acids is 2. The van der Waals surface area contributed by atoms with Gasteiger partial charge in [0, 0.05) is 25.1 Å². The molecule has 0 saturated carbocycles. The van der Waals surface area contributed by atoms with E-state index in [1.807, 2.05) is 6.92 Å². The molecule has 0 spiro atoms. The van der Waals surface area contributed by atoms with Gasteiger partial charge in [-0.15, -0.1) is 0 Å². The Morgan fingerprint density at radius 2 is 1.67 bits per heavy atom. The van der Waals surface area contributed by atoms with Crippen molar-refractivity contribution < 1.29 is 19.5 Å². The first-order valence-electron chi connectivity index (χ1n) is 6.93. The number of rotatable bonds is 8. The fraction of sp³-hybridized carbons (Fsp3) is 0.400. The lowest BCUT2D eigenvalue weighted by Crippen LogP contribution is -2.24. The molecule has 0 bridgehead atoms. The molecule has 2 amide bonds. The van der Waals surface area contributed by atoms with Crippen molar-refractivity contribution in [1.82, 2.24) is 5.32 Å². The van der Waals surface area contributed by atoms with Crippen molar-refractivity contribution in [3.8, 4) is 0 Å². The third-order valence-corrected chi connectivity index (χ3v) is 2.80. The SMILES string of the molecule is CCCNC(=O)CCCC(=O)Nc1ccc(C(=O)O)cc1. The van der Waals surface area contributed by atoms with E-state index in [9.17, 15) is 14.4 Å². The third-order valence-electron chi connectivity index (χ3n) is 2.80. The molecule has 6 heteroatoms. The van der Waals surface area contributed by atoms with Gasteiger partial charge in [0.1, 0.15) is 0 Å². The maximum Gasteiger partial charge on any atom is 0.335 e. The van der Waals surface area contributed by atoms with Gasteiger partial charge in [0.15, 0.2) is 0 Å². The normalized spacial score (nSPS) is 9.95. The van der Waals surface area contributed by atoms with Crippen LogP contribution in [0.4, 0.5) is 5.69 Å². The van der Waals surface area contributed by atoms with Crippen molar-refractivity contribution in [2.75, 3.05) is 11.9 Å². The highest BCUT2D eigenvalue weighted by atomic mass is 16.4. The van der Waals surface area contributed by atoms with Crippen LogP contribution in [0.25, 0.3) is 0 Å². The summed E-state index contributed by atoms with van der Waals surface area (Å²) in [6, 6.07) is 5.93. The second-order valence-electron chi connectivity index (χ2n) is 4.63. The zero-order valence-corrected chi connectivity index (χ0v) is 12.0. The summed E-state index contributed by atoms with van der Waals surface area (Å²) < 4.78 is 0. The summed E-state index contributed by atoms with van der Waals surface area (Å²) in [5.74, 6) is -1.25. The average molecular weight is 292 g/mol. The number of aromatic carboxylic acids is 1. The Labute approximate surface area is 123 Å². The van der Waals surface area contributed by atoms with Crippen LogP contribution in [0.1, 0.15) is 43.0 Å². The fourth-order valence-corrected chi connectivity index (χ4v) is 1.68. The van der Waals surface area contributed by atoms with E-state index < -0.39 is 5.97 Å². The molecule has 1 rings (SSSR count). The maximum absolute atomic E-state index is 11.7. The van der Waals surface area contributed by atoms with Gasteiger partial charge in [-0.1, -0.05) is 6.92 Å². The molecule has 1 aromatic rings. The third kappa shape index (κ3) is 6.56. The van der Waals surface area contributed by atoms with Gasteiger partial charge in [-0.25, -0.2) is 4.79 Å². The lowest BCUT2D eigenvalue weighted by Gasteiger charge is -2.06. The number of amides is 2. The molecule has 3 N–H and O–H groups in total. The van der Waals surface area contributed by atoms with E-state index in [2.05, 4.69) is 10.6 Å². The van der Waals surface area contributed by atoms with Crippen molar-refractivity contribution in [3.05, 3.63) is 29.8 Å². The molecule has 0 atom stereocenters. The van der Waals surface area contributed by atoms with Crippen LogP contribution in [0.3, 0.4) is 0 Å². The van der Waals surface area contributed by atoms with Gasteiger partial charge in [-0.2, -0.15) is 0 Å². The Hall–Kier alpha value is -2.37. The molecule has 0 unspecified atom stereocenters. The van der Waals surface area contributed by atoms with E-state index in [4.69, 9.17) is 5.11 Å². The van der Waals surface area contributed by atoms with Crippen LogP contribution in [0.15, 0.2) is 24.3 Å². The molecule has 0 radical (unpaired) electrons. The van der Waals surface area contributed by atoms with Gasteiger partial charge in [-0.3, -0.25) is 9.59 Å². The highest BCUT2D eigenvalue weighted by Gasteiger charge is 2.06. The van der Waals surface area contributed by atoms with Crippen molar-refractivity contribution in [1.29, 1.82) is 0 Å². The Bertz CT molecular complexity index is 497. The van der Waals surface area contributed by atoms with Gasteiger partial charge >= 0.3 is 5.97 Å². The summed E-state index contributed by atoms with van der Waals surface area (Å²) in [4.78, 5) is 33.7. The van der Waals surface area contributed by atoms with E-state index in [0.29, 0.717) is 25.1 Å². The zero-order chi connectivity index (χ0) is 15.7. The zero-order valence-electron chi connectivity index (χ0n) is 12.0. The van der Waals surface area contributed by atoms with Crippen LogP contribution >= 0.6 is 0 Å². The number of carbonyl (C=O) groups is 3. The van der Waals surface area contributed by atoms with Crippen LogP contribution in [-0.2, 0) is 9.59 Å². The van der Waals surface area contributed by atoms with Gasteiger partial charge in [0.05, 0.1) is 5.56 Å². The first kappa shape index (κ1) is 16.7. The highest BCUT2D eigenvalue weighted by Crippen LogP contribution is 2.10. The summed E-state index contributed by atoms with van der Waals surface area (Å²) in [5, 5.41) is 14.2. The fourth-order valence-electron chi connectivity index (χ4n) is 1.68. The molecular formula is C15H20N2O4. The summed E-state index contributed by atoms with van der Waals surface area (Å²) in [6.07, 6.45) is 1.94. The summed E-state index contributed by atoms with van der Waals surface area (Å²) in [7, 11) is 0. The summed E-state index contributed by atoms with van der Waals surface area (Å²) in [5.41, 5.74) is 0.709. The molecule has 0 heterocycles. The first-order valence-corrected chi connectivity index (χ1v) is 6.93. The second-order valence-corrected chi connectivity index (χ2v) is 4.63. The monoisotopic (exact) mass is 292 g/mol. The standard InChI is InChI=1S/C15H20N2O4/c1-2-10-16-13(18)4-3-5-14(19)17-12-8-6-11(7-9-12)15(20)21/h6-9H,2-5,10H2,1H3,(H,16,18)(H,17,19)(H,20,21).